The zero-order chi connectivity index (χ0) is 14.0. The molecule has 8 heteroatoms. The summed E-state index contributed by atoms with van der Waals surface area (Å²) in [5, 5.41) is 10.7. The first kappa shape index (κ1) is 12.8. The van der Waals surface area contributed by atoms with Crippen molar-refractivity contribution in [3.8, 4) is 0 Å². The number of rotatable bonds is 4. The van der Waals surface area contributed by atoms with Crippen molar-refractivity contribution in [1.29, 1.82) is 0 Å². The number of imidazole rings is 1. The van der Waals surface area contributed by atoms with E-state index >= 15 is 0 Å². The van der Waals surface area contributed by atoms with Crippen LogP contribution in [-0.2, 0) is 13.6 Å². The van der Waals surface area contributed by atoms with Crippen molar-refractivity contribution in [2.45, 2.75) is 6.54 Å². The fourth-order valence-corrected chi connectivity index (χ4v) is 1.74. The third-order valence-corrected chi connectivity index (χ3v) is 2.71. The van der Waals surface area contributed by atoms with Crippen LogP contribution in [0.2, 0.25) is 0 Å². The Morgan fingerprint density at radius 3 is 2.89 bits per heavy atom. The highest BCUT2D eigenvalue weighted by molar-refractivity contribution is 5.93. The fraction of sp³-hybridized carbons (Fsp3) is 0.273. The number of carbonyl (C=O) groups is 1. The number of hydrogen-bond donors (Lipinski definition) is 1. The van der Waals surface area contributed by atoms with Crippen molar-refractivity contribution in [3.63, 3.8) is 0 Å². The van der Waals surface area contributed by atoms with Gasteiger partial charge in [0.25, 0.3) is 11.6 Å². The number of nitro groups is 1. The highest BCUT2D eigenvalue weighted by atomic mass is 16.6. The minimum absolute atomic E-state index is 0.0998. The van der Waals surface area contributed by atoms with Gasteiger partial charge in [0.05, 0.1) is 17.7 Å². The molecule has 0 radical (unpaired) electrons. The zero-order valence-electron chi connectivity index (χ0n) is 10.5. The Labute approximate surface area is 108 Å². The summed E-state index contributed by atoms with van der Waals surface area (Å²) < 4.78 is 1.44. The molecule has 0 unspecified atom stereocenters. The van der Waals surface area contributed by atoms with E-state index in [1.54, 1.807) is 26.5 Å². The smallest absolute Gasteiger partial charge is 0.287 e. The van der Waals surface area contributed by atoms with Crippen molar-refractivity contribution >= 4 is 11.6 Å². The normalized spacial score (nSPS) is 10.4. The van der Waals surface area contributed by atoms with E-state index in [9.17, 15) is 14.9 Å². The number of aryl methyl sites for hydroxylation is 1. The molecule has 1 amide bonds. The van der Waals surface area contributed by atoms with Crippen molar-refractivity contribution in [3.05, 3.63) is 46.3 Å². The molecular weight excluding hydrogens is 250 g/mol. The molecule has 100 valence electrons. The fourth-order valence-electron chi connectivity index (χ4n) is 1.74. The summed E-state index contributed by atoms with van der Waals surface area (Å²) in [6.45, 7) is 0.310. The van der Waals surface area contributed by atoms with Crippen molar-refractivity contribution < 1.29 is 9.72 Å². The molecule has 0 fully saturated rings. The number of aromatic nitrogens is 3. The first-order chi connectivity index (χ1) is 8.99. The van der Waals surface area contributed by atoms with E-state index in [1.165, 1.54) is 21.7 Å². The van der Waals surface area contributed by atoms with Gasteiger partial charge in [-0.1, -0.05) is 0 Å². The summed E-state index contributed by atoms with van der Waals surface area (Å²) in [5.74, 6) is 0.353. The average Bonchev–Trinajstić information content (AvgIpc) is 2.97. The molecule has 8 nitrogen and oxygen atoms in total. The largest absolute Gasteiger partial charge is 0.347 e. The Balaban J connectivity index is 2.17. The highest BCUT2D eigenvalue weighted by Gasteiger charge is 2.20. The Morgan fingerprint density at radius 1 is 1.63 bits per heavy atom. The van der Waals surface area contributed by atoms with Gasteiger partial charge in [0.1, 0.15) is 11.5 Å². The second-order valence-corrected chi connectivity index (χ2v) is 4.15. The predicted octanol–water partition coefficient (Wildman–Crippen LogP) is 0.929. The van der Waals surface area contributed by atoms with Gasteiger partial charge in [-0.3, -0.25) is 14.9 Å². The monoisotopic (exact) mass is 263 g/mol. The predicted molar refractivity (Wildman–Crippen MR) is 66.5 cm³/mol. The van der Waals surface area contributed by atoms with E-state index in [4.69, 9.17) is 0 Å². The van der Waals surface area contributed by atoms with E-state index in [0.717, 1.165) is 0 Å². The third kappa shape index (κ3) is 2.62. The Hall–Kier alpha value is -2.64. The summed E-state index contributed by atoms with van der Waals surface area (Å²) in [7, 11) is 3.21. The molecule has 0 saturated heterocycles. The van der Waals surface area contributed by atoms with Crippen molar-refractivity contribution in [2.75, 3.05) is 7.05 Å². The molecule has 2 aromatic heterocycles. The molecule has 2 aromatic rings. The number of nitrogens with one attached hydrogen (secondary N) is 1. The molecule has 0 bridgehead atoms. The van der Waals surface area contributed by atoms with Gasteiger partial charge in [-0.25, -0.2) is 4.98 Å². The lowest BCUT2D eigenvalue weighted by Gasteiger charge is -2.15. The molecule has 19 heavy (non-hydrogen) atoms. The van der Waals surface area contributed by atoms with Crippen LogP contribution in [0.5, 0.6) is 0 Å². The van der Waals surface area contributed by atoms with E-state index in [0.29, 0.717) is 12.4 Å². The van der Waals surface area contributed by atoms with Gasteiger partial charge in [-0.2, -0.15) is 0 Å². The lowest BCUT2D eigenvalue weighted by molar-refractivity contribution is -0.384. The second-order valence-electron chi connectivity index (χ2n) is 4.15. The first-order valence-electron chi connectivity index (χ1n) is 5.53. The van der Waals surface area contributed by atoms with E-state index in [1.807, 2.05) is 0 Å². The molecule has 2 heterocycles. The number of amides is 1. The maximum absolute atomic E-state index is 12.2. The van der Waals surface area contributed by atoms with Crippen LogP contribution in [0.3, 0.4) is 0 Å². The maximum Gasteiger partial charge on any atom is 0.287 e. The van der Waals surface area contributed by atoms with Crippen LogP contribution in [0.15, 0.2) is 24.7 Å². The van der Waals surface area contributed by atoms with Crippen LogP contribution in [-0.4, -0.2) is 37.3 Å². The molecule has 0 atom stereocenters. The average molecular weight is 263 g/mol. The minimum Gasteiger partial charge on any atom is -0.347 e. The van der Waals surface area contributed by atoms with Crippen LogP contribution in [0.4, 0.5) is 5.69 Å². The lowest BCUT2D eigenvalue weighted by atomic mass is 10.3. The molecule has 0 aromatic carbocycles. The van der Waals surface area contributed by atoms with E-state index < -0.39 is 4.92 Å². The first-order valence-corrected chi connectivity index (χ1v) is 5.53. The topological polar surface area (TPSA) is 97.1 Å². The summed E-state index contributed by atoms with van der Waals surface area (Å²) in [5.41, 5.74) is 0.165. The molecule has 0 saturated carbocycles. The van der Waals surface area contributed by atoms with Crippen LogP contribution in [0.25, 0.3) is 0 Å². The number of carbonyl (C=O) groups excluding carboxylic acids is 1. The SMILES string of the molecule is CN(Cc1ncc[nH]1)C(=O)c1cc([N+](=O)[O-])cn1C. The summed E-state index contributed by atoms with van der Waals surface area (Å²) in [6.07, 6.45) is 4.58. The van der Waals surface area contributed by atoms with Gasteiger partial charge in [0.15, 0.2) is 0 Å². The summed E-state index contributed by atoms with van der Waals surface area (Å²) >= 11 is 0. The maximum atomic E-state index is 12.2. The lowest BCUT2D eigenvalue weighted by Crippen LogP contribution is -2.28. The van der Waals surface area contributed by atoms with Gasteiger partial charge in [-0.05, 0) is 0 Å². The summed E-state index contributed by atoms with van der Waals surface area (Å²) in [4.78, 5) is 30.7. The number of hydrogen-bond acceptors (Lipinski definition) is 4. The van der Waals surface area contributed by atoms with Gasteiger partial charge in [-0.15, -0.1) is 0 Å². The van der Waals surface area contributed by atoms with Crippen molar-refractivity contribution in [1.82, 2.24) is 19.4 Å². The molecule has 0 aliphatic carbocycles. The minimum atomic E-state index is -0.524. The number of aromatic amines is 1. The zero-order valence-corrected chi connectivity index (χ0v) is 10.5. The molecular formula is C11H13N5O3. The second kappa shape index (κ2) is 4.92. The van der Waals surface area contributed by atoms with Crippen LogP contribution in [0.1, 0.15) is 16.3 Å². The molecule has 0 aliphatic rings. The molecule has 0 aliphatic heterocycles. The molecule has 2 rings (SSSR count). The Morgan fingerprint density at radius 2 is 2.37 bits per heavy atom. The van der Waals surface area contributed by atoms with E-state index in [2.05, 4.69) is 9.97 Å². The van der Waals surface area contributed by atoms with Gasteiger partial charge in [0.2, 0.25) is 0 Å². The quantitative estimate of drug-likeness (QED) is 0.655. The number of nitrogens with zero attached hydrogens (tertiary/aromatic N) is 4. The van der Waals surface area contributed by atoms with Crippen molar-refractivity contribution in [2.24, 2.45) is 7.05 Å². The van der Waals surface area contributed by atoms with Gasteiger partial charge >= 0.3 is 0 Å². The summed E-state index contributed by atoms with van der Waals surface area (Å²) in [6, 6.07) is 1.26. The number of H-pyrrole nitrogens is 1. The van der Waals surface area contributed by atoms with Crippen LogP contribution >= 0.6 is 0 Å². The van der Waals surface area contributed by atoms with Crippen LogP contribution in [0, 0.1) is 10.1 Å². The Kier molecular flexibility index (Phi) is 3.32. The molecule has 1 N–H and O–H groups in total. The highest BCUT2D eigenvalue weighted by Crippen LogP contribution is 2.16. The van der Waals surface area contributed by atoms with Gasteiger partial charge < -0.3 is 14.5 Å². The standard InChI is InChI=1S/C11H13N5O3/c1-14-6-8(16(18)19)5-9(14)11(17)15(2)7-10-12-3-4-13-10/h3-6H,7H2,1-2H3,(H,12,13). The molecule has 0 spiro atoms. The van der Waals surface area contributed by atoms with E-state index in [-0.39, 0.29) is 17.3 Å². The Bertz CT molecular complexity index is 602. The van der Waals surface area contributed by atoms with Crippen LogP contribution < -0.4 is 0 Å². The van der Waals surface area contributed by atoms with Gasteiger partial charge in [0, 0.05) is 32.6 Å². The third-order valence-electron chi connectivity index (χ3n) is 2.71.